The molecule has 2 aromatic carbocycles. The van der Waals surface area contributed by atoms with Crippen LogP contribution in [-0.4, -0.2) is 38.0 Å². The van der Waals surface area contributed by atoms with E-state index in [-0.39, 0.29) is 6.09 Å². The van der Waals surface area contributed by atoms with Crippen LogP contribution < -0.4 is 9.30 Å². The minimum absolute atomic E-state index is 0.302. The van der Waals surface area contributed by atoms with E-state index >= 15 is 0 Å². The molecule has 8 heteroatoms. The lowest BCUT2D eigenvalue weighted by Crippen LogP contribution is -2.51. The molecular weight excluding hydrogens is 446 g/mol. The van der Waals surface area contributed by atoms with Crippen LogP contribution in [0.3, 0.4) is 0 Å². The third kappa shape index (κ3) is 4.78. The average molecular weight is 478 g/mol. The number of ether oxygens (including phenoxy) is 3. The van der Waals surface area contributed by atoms with E-state index in [4.69, 9.17) is 19.2 Å². The van der Waals surface area contributed by atoms with E-state index in [9.17, 15) is 4.79 Å². The topological polar surface area (TPSA) is 76.7 Å². The lowest BCUT2D eigenvalue weighted by molar-refractivity contribution is 0.163. The van der Waals surface area contributed by atoms with Gasteiger partial charge < -0.3 is 19.2 Å². The average Bonchev–Trinajstić information content (AvgIpc) is 3.17. The number of amides is 1. The van der Waals surface area contributed by atoms with Crippen molar-refractivity contribution in [1.29, 1.82) is 0 Å². The molecule has 0 fully saturated rings. The fraction of sp³-hybridized carbons (Fsp3) is 0.308. The molecule has 4 rings (SSSR count). The molecule has 0 aliphatic heterocycles. The summed E-state index contributed by atoms with van der Waals surface area (Å²) >= 11 is 0. The van der Waals surface area contributed by atoms with Crippen molar-refractivity contribution in [1.82, 2.24) is 9.97 Å². The number of rotatable bonds is 8. The number of hydrogen-bond acceptors (Lipinski definition) is 5. The molecule has 0 atom stereocenters. The fourth-order valence-electron chi connectivity index (χ4n) is 4.10. The maximum absolute atomic E-state index is 13.0. The Morgan fingerprint density at radius 3 is 2.50 bits per heavy atom. The molecule has 178 valence electrons. The van der Waals surface area contributed by atoms with Crippen molar-refractivity contribution in [2.75, 3.05) is 18.3 Å². The number of benzene rings is 2. The summed E-state index contributed by atoms with van der Waals surface area (Å²) in [5, 5.41) is 1.97. The highest BCUT2D eigenvalue weighted by molar-refractivity contribution is 6.82. The van der Waals surface area contributed by atoms with Gasteiger partial charge in [-0.1, -0.05) is 50.0 Å². The van der Waals surface area contributed by atoms with Gasteiger partial charge in [-0.3, -0.25) is 4.57 Å². The first-order valence-electron chi connectivity index (χ1n) is 11.4. The Kier molecular flexibility index (Phi) is 6.90. The number of carbonyl (C=O) groups excluding carboxylic acids is 1. The van der Waals surface area contributed by atoms with Crippen LogP contribution in [0.4, 0.5) is 10.6 Å². The summed E-state index contributed by atoms with van der Waals surface area (Å²) in [5.74, 6) is 1.36. The first-order valence-corrected chi connectivity index (χ1v) is 14.8. The molecule has 0 saturated carbocycles. The Labute approximate surface area is 200 Å². The van der Waals surface area contributed by atoms with Crippen LogP contribution >= 0.6 is 0 Å². The highest BCUT2D eigenvalue weighted by atomic mass is 28.3. The van der Waals surface area contributed by atoms with E-state index in [2.05, 4.69) is 24.6 Å². The molecule has 7 nitrogen and oxygen atoms in total. The normalized spacial score (nSPS) is 11.7. The van der Waals surface area contributed by atoms with E-state index in [0.29, 0.717) is 25.6 Å². The fourth-order valence-corrected chi connectivity index (χ4v) is 5.54. The number of aromatic amines is 1. The molecule has 1 amide bonds. The van der Waals surface area contributed by atoms with E-state index in [0.717, 1.165) is 38.7 Å². The third-order valence-corrected chi connectivity index (χ3v) is 7.29. The highest BCUT2D eigenvalue weighted by Gasteiger charge is 2.35. The molecule has 2 aromatic heterocycles. The van der Waals surface area contributed by atoms with E-state index in [1.807, 2.05) is 55.5 Å². The van der Waals surface area contributed by atoms with Gasteiger partial charge in [-0.15, -0.1) is 0 Å². The van der Waals surface area contributed by atoms with Crippen LogP contribution in [0.2, 0.25) is 19.6 Å². The number of aromatic nitrogens is 2. The third-order valence-electron chi connectivity index (χ3n) is 5.56. The molecule has 0 spiro atoms. The Bertz CT molecular complexity index is 1300. The van der Waals surface area contributed by atoms with Crippen LogP contribution in [0.1, 0.15) is 18.1 Å². The van der Waals surface area contributed by atoms with E-state index in [1.54, 1.807) is 17.9 Å². The van der Waals surface area contributed by atoms with Crippen molar-refractivity contribution < 1.29 is 19.0 Å². The number of anilines is 1. The van der Waals surface area contributed by atoms with Gasteiger partial charge in [0.15, 0.2) is 8.24 Å². The Morgan fingerprint density at radius 2 is 1.82 bits per heavy atom. The van der Waals surface area contributed by atoms with Gasteiger partial charge in [-0.25, -0.2) is 9.78 Å². The molecular formula is C26H31N3O4Si. The molecule has 0 aliphatic rings. The van der Waals surface area contributed by atoms with Crippen molar-refractivity contribution in [3.05, 3.63) is 65.9 Å². The second-order valence-corrected chi connectivity index (χ2v) is 13.9. The number of nitrogens with zero attached hydrogens (tertiary/aromatic N) is 2. The van der Waals surface area contributed by atoms with Crippen molar-refractivity contribution >= 4 is 42.0 Å². The first kappa shape index (κ1) is 23.8. The first-order chi connectivity index (χ1) is 16.3. The summed E-state index contributed by atoms with van der Waals surface area (Å²) in [7, 11) is -0.530. The molecule has 0 aliphatic carbocycles. The van der Waals surface area contributed by atoms with Gasteiger partial charge in [0, 0.05) is 29.0 Å². The lowest BCUT2D eigenvalue weighted by atomic mass is 10.1. The van der Waals surface area contributed by atoms with Gasteiger partial charge in [0.2, 0.25) is 0 Å². The van der Waals surface area contributed by atoms with Gasteiger partial charge in [-0.2, -0.15) is 0 Å². The SMILES string of the molecule is CCOC(=O)N(c1ncc2[nH]c3ccc(OCc4ccccc4)cc3c2c1COC)[Si](C)(C)C. The van der Waals surface area contributed by atoms with Gasteiger partial charge in [-0.05, 0) is 30.7 Å². The number of fused-ring (bicyclic) bond motifs is 3. The van der Waals surface area contributed by atoms with Crippen LogP contribution in [-0.2, 0) is 22.7 Å². The summed E-state index contributed by atoms with van der Waals surface area (Å²) in [5.41, 5.74) is 3.80. The van der Waals surface area contributed by atoms with Gasteiger partial charge in [0.1, 0.15) is 18.2 Å². The summed E-state index contributed by atoms with van der Waals surface area (Å²) in [6.07, 6.45) is 1.40. The molecule has 0 unspecified atom stereocenters. The predicted octanol–water partition coefficient (Wildman–Crippen LogP) is 6.24. The zero-order chi connectivity index (χ0) is 24.3. The maximum atomic E-state index is 13.0. The zero-order valence-corrected chi connectivity index (χ0v) is 21.3. The number of nitrogens with one attached hydrogen (secondary N) is 1. The second kappa shape index (κ2) is 9.86. The Hall–Kier alpha value is -3.36. The monoisotopic (exact) mass is 477 g/mol. The van der Waals surface area contributed by atoms with Crippen molar-refractivity contribution in [3.63, 3.8) is 0 Å². The standard InChI is InChI=1S/C26H31N3O4Si/c1-6-32-26(30)29(34(3,4)5)25-21(17-31-2)24-20-14-19(33-16-18-10-8-7-9-11-18)12-13-22(20)28-23(24)15-27-25/h7-15,28H,6,16-17H2,1-5H3. The minimum Gasteiger partial charge on any atom is -0.489 e. The predicted molar refractivity (Wildman–Crippen MR) is 138 cm³/mol. The van der Waals surface area contributed by atoms with Crippen LogP contribution in [0.5, 0.6) is 5.75 Å². The number of carbonyl (C=O) groups is 1. The van der Waals surface area contributed by atoms with Crippen molar-refractivity contribution in [2.24, 2.45) is 0 Å². The Balaban J connectivity index is 1.84. The quantitative estimate of drug-likeness (QED) is 0.304. The molecule has 4 aromatic rings. The molecule has 0 bridgehead atoms. The number of H-pyrrole nitrogens is 1. The van der Waals surface area contributed by atoms with E-state index < -0.39 is 8.24 Å². The maximum Gasteiger partial charge on any atom is 0.407 e. The number of pyridine rings is 1. The molecule has 0 saturated heterocycles. The highest BCUT2D eigenvalue weighted by Crippen LogP contribution is 2.36. The molecule has 2 heterocycles. The lowest BCUT2D eigenvalue weighted by Gasteiger charge is -2.33. The Morgan fingerprint density at radius 1 is 1.06 bits per heavy atom. The van der Waals surface area contributed by atoms with Crippen molar-refractivity contribution in [2.45, 2.75) is 39.8 Å². The van der Waals surface area contributed by atoms with E-state index in [1.165, 1.54) is 0 Å². The van der Waals surface area contributed by atoms with Crippen LogP contribution in [0.15, 0.2) is 54.7 Å². The zero-order valence-electron chi connectivity index (χ0n) is 20.3. The number of methoxy groups -OCH3 is 1. The van der Waals surface area contributed by atoms with Crippen LogP contribution in [0.25, 0.3) is 21.8 Å². The van der Waals surface area contributed by atoms with Crippen molar-refractivity contribution in [3.8, 4) is 5.75 Å². The number of hydrogen-bond donors (Lipinski definition) is 1. The summed E-state index contributed by atoms with van der Waals surface area (Å²) in [4.78, 5) is 21.1. The smallest absolute Gasteiger partial charge is 0.407 e. The summed E-state index contributed by atoms with van der Waals surface area (Å²) < 4.78 is 18.8. The van der Waals surface area contributed by atoms with Gasteiger partial charge >= 0.3 is 6.09 Å². The second-order valence-electron chi connectivity index (χ2n) is 9.09. The largest absolute Gasteiger partial charge is 0.489 e. The summed E-state index contributed by atoms with van der Waals surface area (Å²) in [6, 6.07) is 16.1. The van der Waals surface area contributed by atoms with Gasteiger partial charge in [0.25, 0.3) is 0 Å². The molecule has 0 radical (unpaired) electrons. The van der Waals surface area contributed by atoms with Gasteiger partial charge in [0.05, 0.1) is 24.9 Å². The van der Waals surface area contributed by atoms with Crippen LogP contribution in [0, 0.1) is 0 Å². The molecule has 1 N–H and O–H groups in total. The summed E-state index contributed by atoms with van der Waals surface area (Å²) in [6.45, 7) is 9.19. The molecule has 34 heavy (non-hydrogen) atoms. The minimum atomic E-state index is -2.18.